The fourth-order valence-corrected chi connectivity index (χ4v) is 6.47. The zero-order chi connectivity index (χ0) is 34.6. The van der Waals surface area contributed by atoms with E-state index in [9.17, 15) is 14.4 Å². The van der Waals surface area contributed by atoms with E-state index < -0.39 is 0 Å². The molecule has 10 nitrogen and oxygen atoms in total. The normalized spacial score (nSPS) is 16.3. The van der Waals surface area contributed by atoms with Crippen molar-refractivity contribution in [3.63, 3.8) is 0 Å². The maximum atomic E-state index is 13.1. The van der Waals surface area contributed by atoms with Crippen LogP contribution in [0, 0.1) is 17.2 Å². The lowest BCUT2D eigenvalue weighted by molar-refractivity contribution is -0.143. The number of fused-ring (bicyclic) bond motifs is 1. The maximum Gasteiger partial charge on any atom is 0.306 e. The minimum absolute atomic E-state index is 0.000103. The van der Waals surface area contributed by atoms with Gasteiger partial charge in [-0.3, -0.25) is 19.0 Å². The van der Waals surface area contributed by atoms with E-state index in [-0.39, 0.29) is 43.1 Å². The molecular formula is C38H58N6O4. The first-order chi connectivity index (χ1) is 23.4. The number of unbranched alkanes of at least 4 members (excludes halogenated alkanes) is 12. The Balaban J connectivity index is 1.32. The Kier molecular flexibility index (Phi) is 17.7. The minimum Gasteiger partial charge on any atom is -0.466 e. The number of hydrogen-bond acceptors (Lipinski definition) is 8. The van der Waals surface area contributed by atoms with E-state index >= 15 is 0 Å². The van der Waals surface area contributed by atoms with Crippen LogP contribution in [-0.2, 0) is 14.3 Å². The van der Waals surface area contributed by atoms with Gasteiger partial charge in [-0.2, -0.15) is 5.26 Å². The van der Waals surface area contributed by atoms with Crippen molar-refractivity contribution in [3.8, 4) is 6.07 Å². The highest BCUT2D eigenvalue weighted by Crippen LogP contribution is 2.30. The highest BCUT2D eigenvalue weighted by Gasteiger charge is 2.33. The summed E-state index contributed by atoms with van der Waals surface area (Å²) in [7, 11) is 1.94. The Labute approximate surface area is 287 Å². The third-order valence-corrected chi connectivity index (χ3v) is 9.52. The van der Waals surface area contributed by atoms with Crippen LogP contribution in [0.5, 0.6) is 0 Å². The number of likely N-dealkylation sites (N-methyl/N-ethyl adjacent to an activating group) is 1. The summed E-state index contributed by atoms with van der Waals surface area (Å²) >= 11 is 0. The summed E-state index contributed by atoms with van der Waals surface area (Å²) < 4.78 is 6.87. The third-order valence-electron chi connectivity index (χ3n) is 9.52. The first-order valence-electron chi connectivity index (χ1n) is 18.4. The molecule has 2 aromatic rings. The number of nitriles is 1. The molecule has 1 aliphatic heterocycles. The number of amides is 1. The number of ether oxygens (including phenoxy) is 1. The molecule has 3 rings (SSSR count). The summed E-state index contributed by atoms with van der Waals surface area (Å²) in [6.45, 7) is 5.94. The molecule has 1 saturated heterocycles. The summed E-state index contributed by atoms with van der Waals surface area (Å²) in [6.07, 6.45) is 25.8. The van der Waals surface area contributed by atoms with E-state index in [1.54, 1.807) is 11.1 Å². The molecule has 3 heterocycles. The van der Waals surface area contributed by atoms with Crippen LogP contribution >= 0.6 is 0 Å². The lowest BCUT2D eigenvalue weighted by Gasteiger charge is -2.42. The summed E-state index contributed by atoms with van der Waals surface area (Å²) in [6, 6.07) is 3.77. The molecule has 1 aliphatic rings. The standard InChI is InChI=1S/C38H58N6O4/c1-4-5-6-7-8-9-10-11-12-13-14-15-16-17-18-19-28-48-36(47)21-20-35(46)44-27-24-32-37(40-30-41-38(32)44)42(3)33-29-43(26-23-31(33)2)34(45)22-25-39/h11-12,24,27,30-31,33H,4-10,13-23,26,28-29H2,1-3H3/b12-11-/t31-,33+/m1/s1. The molecule has 10 heteroatoms. The Morgan fingerprint density at radius 3 is 2.31 bits per heavy atom. The summed E-state index contributed by atoms with van der Waals surface area (Å²) in [5, 5.41) is 9.68. The van der Waals surface area contributed by atoms with Crippen molar-refractivity contribution in [2.75, 3.05) is 31.6 Å². The molecule has 1 fully saturated rings. The molecule has 0 saturated carbocycles. The van der Waals surface area contributed by atoms with E-state index in [2.05, 4.69) is 36.0 Å². The molecule has 264 valence electrons. The Morgan fingerprint density at radius 1 is 0.958 bits per heavy atom. The molecular weight excluding hydrogens is 604 g/mol. The molecule has 0 bridgehead atoms. The smallest absolute Gasteiger partial charge is 0.306 e. The fraction of sp³-hybridized carbons (Fsp3) is 0.684. The number of piperidine rings is 1. The second-order valence-electron chi connectivity index (χ2n) is 13.3. The molecule has 1 amide bonds. The monoisotopic (exact) mass is 662 g/mol. The predicted molar refractivity (Wildman–Crippen MR) is 191 cm³/mol. The Morgan fingerprint density at radius 2 is 1.62 bits per heavy atom. The van der Waals surface area contributed by atoms with Gasteiger partial charge in [0, 0.05) is 32.8 Å². The molecule has 0 spiro atoms. The topological polar surface area (TPSA) is 121 Å². The van der Waals surface area contributed by atoms with Crippen LogP contribution in [0.1, 0.15) is 134 Å². The second-order valence-corrected chi connectivity index (χ2v) is 13.3. The molecule has 0 N–H and O–H groups in total. The zero-order valence-electron chi connectivity index (χ0n) is 29.7. The largest absolute Gasteiger partial charge is 0.466 e. The number of nitrogens with zero attached hydrogens (tertiary/aromatic N) is 6. The zero-order valence-corrected chi connectivity index (χ0v) is 29.7. The fourth-order valence-electron chi connectivity index (χ4n) is 6.47. The van der Waals surface area contributed by atoms with Gasteiger partial charge in [0.25, 0.3) is 0 Å². The van der Waals surface area contributed by atoms with Gasteiger partial charge in [0.1, 0.15) is 18.6 Å². The molecule has 0 radical (unpaired) electrons. The van der Waals surface area contributed by atoms with Gasteiger partial charge in [0.15, 0.2) is 5.65 Å². The van der Waals surface area contributed by atoms with E-state index in [0.29, 0.717) is 37.1 Å². The van der Waals surface area contributed by atoms with Crippen molar-refractivity contribution in [1.29, 1.82) is 5.26 Å². The van der Waals surface area contributed by atoms with Crippen molar-refractivity contribution < 1.29 is 19.1 Å². The van der Waals surface area contributed by atoms with Crippen LogP contribution in [0.4, 0.5) is 5.82 Å². The van der Waals surface area contributed by atoms with Crippen LogP contribution < -0.4 is 4.90 Å². The van der Waals surface area contributed by atoms with Gasteiger partial charge in [-0.15, -0.1) is 0 Å². The second kappa shape index (κ2) is 22.0. The number of carbonyl (C=O) groups is 3. The van der Waals surface area contributed by atoms with Gasteiger partial charge in [-0.25, -0.2) is 9.97 Å². The minimum atomic E-state index is -0.357. The number of carbonyl (C=O) groups excluding carboxylic acids is 3. The molecule has 2 atom stereocenters. The number of likely N-dealkylation sites (tertiary alicyclic amines) is 1. The van der Waals surface area contributed by atoms with Crippen molar-refractivity contribution >= 4 is 34.6 Å². The summed E-state index contributed by atoms with van der Waals surface area (Å²) in [5.74, 6) is 0.231. The van der Waals surface area contributed by atoms with Crippen LogP contribution in [0.3, 0.4) is 0 Å². The van der Waals surface area contributed by atoms with Crippen LogP contribution in [0.25, 0.3) is 11.0 Å². The first kappa shape index (κ1) is 38.7. The quantitative estimate of drug-likeness (QED) is 0.0706. The molecule has 48 heavy (non-hydrogen) atoms. The van der Waals surface area contributed by atoms with E-state index in [0.717, 1.165) is 31.1 Å². The van der Waals surface area contributed by atoms with Gasteiger partial charge in [-0.1, -0.05) is 83.8 Å². The van der Waals surface area contributed by atoms with Crippen molar-refractivity contribution in [2.24, 2.45) is 5.92 Å². The van der Waals surface area contributed by atoms with E-state index in [4.69, 9.17) is 10.00 Å². The molecule has 0 unspecified atom stereocenters. The van der Waals surface area contributed by atoms with Gasteiger partial charge in [0.2, 0.25) is 11.8 Å². The van der Waals surface area contributed by atoms with Crippen LogP contribution in [0.15, 0.2) is 30.7 Å². The number of allylic oxidation sites excluding steroid dienone is 2. The molecule has 2 aromatic heterocycles. The average molecular weight is 663 g/mol. The lowest BCUT2D eigenvalue weighted by Crippen LogP contribution is -2.52. The number of hydrogen-bond donors (Lipinski definition) is 0. The van der Waals surface area contributed by atoms with Crippen molar-refractivity contribution in [1.82, 2.24) is 19.4 Å². The van der Waals surface area contributed by atoms with E-state index in [1.165, 1.54) is 81.5 Å². The Hall–Kier alpha value is -3.74. The highest BCUT2D eigenvalue weighted by atomic mass is 16.5. The highest BCUT2D eigenvalue weighted by molar-refractivity contribution is 5.96. The van der Waals surface area contributed by atoms with Gasteiger partial charge >= 0.3 is 5.97 Å². The number of aromatic nitrogens is 3. The van der Waals surface area contributed by atoms with Gasteiger partial charge < -0.3 is 14.5 Å². The van der Waals surface area contributed by atoms with Gasteiger partial charge in [-0.05, 0) is 50.5 Å². The van der Waals surface area contributed by atoms with Crippen molar-refractivity contribution in [3.05, 3.63) is 30.7 Å². The number of esters is 1. The van der Waals surface area contributed by atoms with Crippen LogP contribution in [0.2, 0.25) is 0 Å². The maximum absolute atomic E-state index is 13.1. The number of rotatable bonds is 22. The average Bonchev–Trinajstić information content (AvgIpc) is 3.53. The lowest BCUT2D eigenvalue weighted by atomic mass is 9.92. The van der Waals surface area contributed by atoms with Crippen LogP contribution in [-0.4, -0.2) is 70.0 Å². The summed E-state index contributed by atoms with van der Waals surface area (Å²) in [4.78, 5) is 50.5. The molecule has 0 aliphatic carbocycles. The van der Waals surface area contributed by atoms with Crippen molar-refractivity contribution in [2.45, 2.75) is 135 Å². The molecule has 0 aromatic carbocycles. The summed E-state index contributed by atoms with van der Waals surface area (Å²) in [5.41, 5.74) is 0.482. The Bertz CT molecular complexity index is 1350. The van der Waals surface area contributed by atoms with E-state index in [1.807, 2.05) is 24.1 Å². The third kappa shape index (κ3) is 12.7. The SMILES string of the molecule is CCCCCCCC/C=C\CCCCCCCCOC(=O)CCC(=O)n1ccc2c(N(C)[C@H]3CN(C(=O)CC#N)CC[C@H]3C)ncnc21. The number of anilines is 1. The predicted octanol–water partition coefficient (Wildman–Crippen LogP) is 8.02. The van der Waals surface area contributed by atoms with Gasteiger partial charge in [0.05, 0.1) is 30.5 Å². The first-order valence-corrected chi connectivity index (χ1v) is 18.4.